The van der Waals surface area contributed by atoms with Crippen LogP contribution in [0, 0.1) is 34.5 Å². The van der Waals surface area contributed by atoms with E-state index in [0.29, 0.717) is 17.6 Å². The summed E-state index contributed by atoms with van der Waals surface area (Å²) >= 11 is 0. The first-order valence-electron chi connectivity index (χ1n) is 10.2. The molecular weight excluding hydrogens is 295 g/mol. The zero-order valence-corrected chi connectivity index (χ0v) is 15.7. The summed E-state index contributed by atoms with van der Waals surface area (Å²) in [4.78, 5) is 12.2. The first-order valence-corrected chi connectivity index (χ1v) is 10.2. The molecule has 4 rings (SSSR count). The number of ketones is 1. The van der Waals surface area contributed by atoms with Gasteiger partial charge in [-0.05, 0) is 80.5 Å². The van der Waals surface area contributed by atoms with Gasteiger partial charge in [0.15, 0.2) is 0 Å². The summed E-state index contributed by atoms with van der Waals surface area (Å²) in [5.74, 6) is 2.83. The highest BCUT2D eigenvalue weighted by Gasteiger charge is 2.63. The Morgan fingerprint density at radius 1 is 1.00 bits per heavy atom. The minimum Gasteiger partial charge on any atom is -0.393 e. The van der Waals surface area contributed by atoms with Crippen LogP contribution in [0.4, 0.5) is 0 Å². The molecule has 0 saturated heterocycles. The molecule has 2 radical (unpaired) electrons. The third-order valence-electron chi connectivity index (χ3n) is 9.40. The van der Waals surface area contributed by atoms with Gasteiger partial charge in [-0.2, -0.15) is 0 Å². The van der Waals surface area contributed by atoms with E-state index in [1.54, 1.807) is 6.92 Å². The van der Waals surface area contributed by atoms with Crippen molar-refractivity contribution >= 4 is 13.6 Å². The van der Waals surface area contributed by atoms with Gasteiger partial charge in [-0.1, -0.05) is 32.0 Å². The van der Waals surface area contributed by atoms with Gasteiger partial charge in [-0.15, -0.1) is 0 Å². The van der Waals surface area contributed by atoms with Crippen LogP contribution in [0.3, 0.4) is 0 Å². The van der Waals surface area contributed by atoms with Crippen molar-refractivity contribution in [2.45, 2.75) is 90.0 Å². The van der Waals surface area contributed by atoms with Gasteiger partial charge in [-0.3, -0.25) is 4.79 Å². The lowest BCUT2D eigenvalue weighted by atomic mass is 9.35. The number of Topliss-reactive ketones (excluding diaryl/α,β-unsaturated/α-hetero) is 1. The number of hydrogen-bond acceptors (Lipinski definition) is 2. The van der Waals surface area contributed by atoms with Gasteiger partial charge >= 0.3 is 0 Å². The van der Waals surface area contributed by atoms with Gasteiger partial charge in [0.1, 0.15) is 5.78 Å². The predicted octanol–water partition coefficient (Wildman–Crippen LogP) is 4.31. The molecule has 3 heteroatoms. The fourth-order valence-corrected chi connectivity index (χ4v) is 7.99. The summed E-state index contributed by atoms with van der Waals surface area (Å²) in [6.07, 6.45) is 9.58. The standard InChI is InChI=1S/C21H33BO2/c1-13(23)16-4-5-17-15-7-11-21(22)12-14(24)6-10-20(21,3)18(15)8-9-19(16,17)2/h14-18,24H,4-12H2,1-3H3/t14-,15+,16-,17+,18+,19-,20-,21+/m1/s1. The highest BCUT2D eigenvalue weighted by atomic mass is 16.3. The lowest BCUT2D eigenvalue weighted by molar-refractivity contribution is -0.135. The smallest absolute Gasteiger partial charge is 0.133 e. The van der Waals surface area contributed by atoms with Crippen molar-refractivity contribution in [3.63, 3.8) is 0 Å². The molecule has 8 atom stereocenters. The third-order valence-corrected chi connectivity index (χ3v) is 9.40. The van der Waals surface area contributed by atoms with Crippen molar-refractivity contribution in [3.05, 3.63) is 0 Å². The quantitative estimate of drug-likeness (QED) is 0.729. The predicted molar refractivity (Wildman–Crippen MR) is 96.9 cm³/mol. The third kappa shape index (κ3) is 2.09. The molecule has 0 spiro atoms. The number of hydrogen-bond donors (Lipinski definition) is 1. The zero-order valence-electron chi connectivity index (χ0n) is 15.7. The summed E-state index contributed by atoms with van der Waals surface area (Å²) in [6, 6.07) is 0. The van der Waals surface area contributed by atoms with Gasteiger partial charge < -0.3 is 5.11 Å². The molecular formula is C21H33BO2. The molecule has 0 unspecified atom stereocenters. The second kappa shape index (κ2) is 5.35. The average molecular weight is 328 g/mol. The summed E-state index contributed by atoms with van der Waals surface area (Å²) in [7, 11) is 6.93. The van der Waals surface area contributed by atoms with Crippen LogP contribution in [-0.4, -0.2) is 24.8 Å². The zero-order chi connectivity index (χ0) is 17.3. The normalized spacial score (nSPS) is 56.9. The van der Waals surface area contributed by atoms with Crippen LogP contribution in [0.15, 0.2) is 0 Å². The molecule has 4 saturated carbocycles. The molecule has 4 fully saturated rings. The molecule has 2 nitrogen and oxygen atoms in total. The fourth-order valence-electron chi connectivity index (χ4n) is 7.99. The van der Waals surface area contributed by atoms with E-state index in [4.69, 9.17) is 7.85 Å². The molecule has 0 amide bonds. The lowest BCUT2D eigenvalue weighted by Crippen LogP contribution is -2.56. The molecule has 4 aliphatic rings. The first-order chi connectivity index (χ1) is 11.2. The van der Waals surface area contributed by atoms with Crippen LogP contribution in [0.1, 0.15) is 78.6 Å². The highest BCUT2D eigenvalue weighted by molar-refractivity contribution is 6.16. The van der Waals surface area contributed by atoms with Crippen LogP contribution < -0.4 is 0 Å². The van der Waals surface area contributed by atoms with Crippen molar-refractivity contribution in [1.29, 1.82) is 0 Å². The molecule has 132 valence electrons. The number of rotatable bonds is 1. The Bertz CT molecular complexity index is 548. The van der Waals surface area contributed by atoms with Crippen LogP contribution in [0.2, 0.25) is 5.31 Å². The molecule has 0 aromatic carbocycles. The molecule has 4 aliphatic carbocycles. The largest absolute Gasteiger partial charge is 0.393 e. The second-order valence-electron chi connectivity index (χ2n) is 10.2. The molecule has 0 aromatic rings. The van der Waals surface area contributed by atoms with E-state index >= 15 is 0 Å². The summed E-state index contributed by atoms with van der Waals surface area (Å²) < 4.78 is 0. The van der Waals surface area contributed by atoms with Gasteiger partial charge in [0.05, 0.1) is 14.0 Å². The SMILES string of the molecule is [B][C@]12CC[C@H]3[C@@H]4CC[C@H](C(C)=O)[C@@]4(C)CC[C@@H]3[C@@]1(C)CC[C@@H](O)C2. The maximum atomic E-state index is 12.2. The lowest BCUT2D eigenvalue weighted by Gasteiger charge is -2.65. The van der Waals surface area contributed by atoms with Crippen LogP contribution >= 0.6 is 0 Å². The van der Waals surface area contributed by atoms with Crippen molar-refractivity contribution < 1.29 is 9.90 Å². The topological polar surface area (TPSA) is 37.3 Å². The monoisotopic (exact) mass is 328 g/mol. The van der Waals surface area contributed by atoms with E-state index in [-0.39, 0.29) is 28.2 Å². The summed E-state index contributed by atoms with van der Waals surface area (Å²) in [5, 5.41) is 10.0. The second-order valence-corrected chi connectivity index (χ2v) is 10.2. The van der Waals surface area contributed by atoms with Crippen LogP contribution in [0.5, 0.6) is 0 Å². The van der Waals surface area contributed by atoms with Crippen LogP contribution in [0.25, 0.3) is 0 Å². The van der Waals surface area contributed by atoms with Crippen molar-refractivity contribution in [2.75, 3.05) is 0 Å². The average Bonchev–Trinajstić information content (AvgIpc) is 2.86. The van der Waals surface area contributed by atoms with Gasteiger partial charge in [0, 0.05) is 5.92 Å². The Hall–Kier alpha value is -0.305. The van der Waals surface area contributed by atoms with Crippen molar-refractivity contribution in [3.8, 4) is 0 Å². The number of fused-ring (bicyclic) bond motifs is 5. The number of carbonyl (C=O) groups excluding carboxylic acids is 1. The Morgan fingerprint density at radius 2 is 1.75 bits per heavy atom. The first kappa shape index (κ1) is 17.1. The van der Waals surface area contributed by atoms with E-state index < -0.39 is 0 Å². The molecule has 0 heterocycles. The summed E-state index contributed by atoms with van der Waals surface area (Å²) in [6.45, 7) is 6.64. The minimum atomic E-state index is -0.206. The molecule has 24 heavy (non-hydrogen) atoms. The van der Waals surface area contributed by atoms with E-state index in [9.17, 15) is 9.90 Å². The van der Waals surface area contributed by atoms with Gasteiger partial charge in [-0.25, -0.2) is 0 Å². The Kier molecular flexibility index (Phi) is 3.82. The molecule has 0 bridgehead atoms. The van der Waals surface area contributed by atoms with E-state index in [1.165, 1.54) is 25.7 Å². The fraction of sp³-hybridized carbons (Fsp3) is 0.952. The number of aliphatic hydroxyl groups is 1. The van der Waals surface area contributed by atoms with Crippen molar-refractivity contribution in [1.82, 2.24) is 0 Å². The van der Waals surface area contributed by atoms with E-state index in [2.05, 4.69) is 13.8 Å². The molecule has 0 aliphatic heterocycles. The Balaban J connectivity index is 1.65. The maximum absolute atomic E-state index is 12.2. The van der Waals surface area contributed by atoms with E-state index in [1.807, 2.05) is 0 Å². The highest BCUT2D eigenvalue weighted by Crippen LogP contribution is 2.72. The summed E-state index contributed by atoms with van der Waals surface area (Å²) in [5.41, 5.74) is 0.400. The van der Waals surface area contributed by atoms with Gasteiger partial charge in [0.2, 0.25) is 0 Å². The Labute approximate surface area is 148 Å². The van der Waals surface area contributed by atoms with Crippen molar-refractivity contribution in [2.24, 2.45) is 34.5 Å². The maximum Gasteiger partial charge on any atom is 0.133 e. The van der Waals surface area contributed by atoms with Gasteiger partial charge in [0.25, 0.3) is 0 Å². The Morgan fingerprint density at radius 3 is 2.46 bits per heavy atom. The minimum absolute atomic E-state index is 0.171. The molecule has 1 N–H and O–H groups in total. The number of carbonyl (C=O) groups is 1. The van der Waals surface area contributed by atoms with Crippen LogP contribution in [-0.2, 0) is 4.79 Å². The van der Waals surface area contributed by atoms with E-state index in [0.717, 1.165) is 38.0 Å². The number of aliphatic hydroxyl groups excluding tert-OH is 1. The molecule has 0 aromatic heterocycles.